The number of benzene rings is 1. The zero-order chi connectivity index (χ0) is 12.8. The summed E-state index contributed by atoms with van der Waals surface area (Å²) < 4.78 is 28.1. The highest BCUT2D eigenvalue weighted by atomic mass is 32.2. The van der Waals surface area contributed by atoms with Crippen molar-refractivity contribution in [1.82, 2.24) is 10.1 Å². The van der Waals surface area contributed by atoms with Crippen LogP contribution < -0.4 is 5.73 Å². The summed E-state index contributed by atoms with van der Waals surface area (Å²) in [4.78, 5) is 4.38. The third kappa shape index (κ3) is 1.64. The largest absolute Gasteiger partial charge is 0.338 e. The van der Waals surface area contributed by atoms with Gasteiger partial charge in [0.05, 0.1) is 11.4 Å². The van der Waals surface area contributed by atoms with Crippen LogP contribution in [0.5, 0.6) is 0 Å². The Bertz CT molecular complexity index is 747. The smallest absolute Gasteiger partial charge is 0.240 e. The van der Waals surface area contributed by atoms with Crippen molar-refractivity contribution in [1.29, 1.82) is 0 Å². The molecule has 0 bridgehead atoms. The fraction of sp³-hybridized carbons (Fsp3) is 0.0909. The van der Waals surface area contributed by atoms with Crippen molar-refractivity contribution in [3.8, 4) is 11.4 Å². The second-order valence-corrected chi connectivity index (χ2v) is 5.62. The first-order chi connectivity index (χ1) is 8.60. The van der Waals surface area contributed by atoms with E-state index >= 15 is 0 Å². The van der Waals surface area contributed by atoms with E-state index < -0.39 is 9.84 Å². The van der Waals surface area contributed by atoms with Crippen molar-refractivity contribution in [2.45, 2.75) is 11.4 Å². The molecule has 0 amide bonds. The molecule has 0 spiro atoms. The molecule has 3 rings (SSSR count). The van der Waals surface area contributed by atoms with Gasteiger partial charge in [-0.15, -0.1) is 0 Å². The second-order valence-electron chi connectivity index (χ2n) is 3.82. The summed E-state index contributed by atoms with van der Waals surface area (Å²) >= 11 is 0. The summed E-state index contributed by atoms with van der Waals surface area (Å²) in [6, 6.07) is 4.90. The fourth-order valence-corrected chi connectivity index (χ4v) is 2.95. The van der Waals surface area contributed by atoms with Crippen LogP contribution in [-0.4, -0.2) is 18.6 Å². The van der Waals surface area contributed by atoms with E-state index in [0.29, 0.717) is 27.7 Å². The van der Waals surface area contributed by atoms with Crippen molar-refractivity contribution < 1.29 is 12.9 Å². The van der Waals surface area contributed by atoms with E-state index in [1.165, 1.54) is 5.41 Å². The Morgan fingerprint density at radius 1 is 1.33 bits per heavy atom. The zero-order valence-electron chi connectivity index (χ0n) is 9.20. The van der Waals surface area contributed by atoms with Gasteiger partial charge in [0.2, 0.25) is 11.7 Å². The minimum Gasteiger partial charge on any atom is -0.338 e. The standard InChI is InChI=1S/C11H9N3O3S/c12-6-10-13-11(14-17-10)8-1-2-9-7(5-8)3-4-18(9,15)16/h1-5H,6,12H2. The number of hydrogen-bond donors (Lipinski definition) is 1. The topological polar surface area (TPSA) is 99.1 Å². The molecule has 0 fully saturated rings. The quantitative estimate of drug-likeness (QED) is 0.866. The fourth-order valence-electron chi connectivity index (χ4n) is 1.77. The lowest BCUT2D eigenvalue weighted by Crippen LogP contribution is -1.96. The van der Waals surface area contributed by atoms with Crippen LogP contribution in [-0.2, 0) is 16.4 Å². The first-order valence-corrected chi connectivity index (χ1v) is 6.75. The minimum atomic E-state index is -3.27. The van der Waals surface area contributed by atoms with E-state index in [1.54, 1.807) is 24.3 Å². The summed E-state index contributed by atoms with van der Waals surface area (Å²) in [5.41, 5.74) is 6.70. The Kier molecular flexibility index (Phi) is 2.32. The van der Waals surface area contributed by atoms with Gasteiger partial charge in [-0.05, 0) is 29.8 Å². The van der Waals surface area contributed by atoms with Crippen LogP contribution >= 0.6 is 0 Å². The van der Waals surface area contributed by atoms with Gasteiger partial charge in [-0.1, -0.05) is 5.16 Å². The van der Waals surface area contributed by atoms with Gasteiger partial charge < -0.3 is 10.3 Å². The van der Waals surface area contributed by atoms with Gasteiger partial charge >= 0.3 is 0 Å². The number of sulfone groups is 1. The maximum absolute atomic E-state index is 11.6. The van der Waals surface area contributed by atoms with Crippen LogP contribution in [0.4, 0.5) is 0 Å². The summed E-state index contributed by atoms with van der Waals surface area (Å²) in [6.07, 6.45) is 1.55. The third-order valence-electron chi connectivity index (χ3n) is 2.64. The van der Waals surface area contributed by atoms with Gasteiger partial charge in [0.25, 0.3) is 0 Å². The predicted molar refractivity (Wildman–Crippen MR) is 63.8 cm³/mol. The normalized spacial score (nSPS) is 15.8. The maximum atomic E-state index is 11.6. The van der Waals surface area contributed by atoms with E-state index in [2.05, 4.69) is 10.1 Å². The minimum absolute atomic E-state index is 0.173. The maximum Gasteiger partial charge on any atom is 0.240 e. The molecule has 6 nitrogen and oxygen atoms in total. The highest BCUT2D eigenvalue weighted by molar-refractivity contribution is 7.94. The van der Waals surface area contributed by atoms with Gasteiger partial charge in [0.1, 0.15) is 0 Å². The lowest BCUT2D eigenvalue weighted by molar-refractivity contribution is 0.380. The number of nitrogens with two attached hydrogens (primary N) is 1. The third-order valence-corrected chi connectivity index (χ3v) is 4.12. The van der Waals surface area contributed by atoms with Crippen LogP contribution in [0.2, 0.25) is 0 Å². The van der Waals surface area contributed by atoms with Crippen LogP contribution in [0, 0.1) is 0 Å². The number of rotatable bonds is 2. The Hall–Kier alpha value is -1.99. The summed E-state index contributed by atoms with van der Waals surface area (Å²) in [5.74, 6) is 0.740. The Labute approximate surface area is 103 Å². The number of nitrogens with zero attached hydrogens (tertiary/aromatic N) is 2. The Morgan fingerprint density at radius 3 is 2.89 bits per heavy atom. The highest BCUT2D eigenvalue weighted by Gasteiger charge is 2.21. The molecule has 0 saturated carbocycles. The summed E-state index contributed by atoms with van der Waals surface area (Å²) in [6.45, 7) is 0.173. The van der Waals surface area contributed by atoms with Gasteiger partial charge in [-0.3, -0.25) is 0 Å². The molecular formula is C11H9N3O3S. The molecule has 0 radical (unpaired) electrons. The molecule has 2 N–H and O–H groups in total. The molecule has 0 atom stereocenters. The molecule has 2 heterocycles. The molecule has 18 heavy (non-hydrogen) atoms. The SMILES string of the molecule is NCc1nc(-c2ccc3c(c2)C=CS3(=O)=O)no1. The van der Waals surface area contributed by atoms with Crippen molar-refractivity contribution in [2.75, 3.05) is 0 Å². The molecule has 1 aliphatic heterocycles. The molecule has 1 aromatic heterocycles. The Balaban J connectivity index is 2.09. The van der Waals surface area contributed by atoms with Gasteiger partial charge in [-0.25, -0.2) is 8.42 Å². The lowest BCUT2D eigenvalue weighted by atomic mass is 10.1. The number of hydrogen-bond acceptors (Lipinski definition) is 6. The number of aromatic nitrogens is 2. The molecule has 1 aliphatic rings. The van der Waals surface area contributed by atoms with Crippen LogP contribution in [0.3, 0.4) is 0 Å². The molecule has 7 heteroatoms. The van der Waals surface area contributed by atoms with Gasteiger partial charge in [-0.2, -0.15) is 4.98 Å². The van der Waals surface area contributed by atoms with Crippen molar-refractivity contribution in [2.24, 2.45) is 5.73 Å². The molecule has 0 unspecified atom stereocenters. The highest BCUT2D eigenvalue weighted by Crippen LogP contribution is 2.30. The van der Waals surface area contributed by atoms with E-state index in [4.69, 9.17) is 10.3 Å². The zero-order valence-corrected chi connectivity index (χ0v) is 10.0. The van der Waals surface area contributed by atoms with Crippen molar-refractivity contribution in [3.63, 3.8) is 0 Å². The molecule has 1 aromatic carbocycles. The first-order valence-electron chi connectivity index (χ1n) is 5.20. The predicted octanol–water partition coefficient (Wildman–Crippen LogP) is 0.953. The monoisotopic (exact) mass is 263 g/mol. The molecule has 0 aliphatic carbocycles. The first kappa shape index (κ1) is 11.1. The summed E-state index contributed by atoms with van der Waals surface area (Å²) in [5, 5.41) is 4.96. The summed E-state index contributed by atoms with van der Waals surface area (Å²) in [7, 11) is -3.27. The van der Waals surface area contributed by atoms with Crippen LogP contribution in [0.15, 0.2) is 33.0 Å². The van der Waals surface area contributed by atoms with Crippen molar-refractivity contribution >= 4 is 15.9 Å². The average Bonchev–Trinajstić information content (AvgIpc) is 2.94. The van der Waals surface area contributed by atoms with Gasteiger partial charge in [0.15, 0.2) is 9.84 Å². The van der Waals surface area contributed by atoms with E-state index in [1.807, 2.05) is 0 Å². The number of fused-ring (bicyclic) bond motifs is 1. The average molecular weight is 263 g/mol. The molecular weight excluding hydrogens is 254 g/mol. The van der Waals surface area contributed by atoms with E-state index in [0.717, 1.165) is 0 Å². The molecule has 92 valence electrons. The van der Waals surface area contributed by atoms with E-state index in [-0.39, 0.29) is 6.54 Å². The second kappa shape index (κ2) is 3.76. The van der Waals surface area contributed by atoms with Gasteiger partial charge in [0, 0.05) is 11.0 Å². The van der Waals surface area contributed by atoms with Crippen LogP contribution in [0.1, 0.15) is 11.5 Å². The molecule has 0 saturated heterocycles. The van der Waals surface area contributed by atoms with E-state index in [9.17, 15) is 8.42 Å². The Morgan fingerprint density at radius 2 is 2.17 bits per heavy atom. The lowest BCUT2D eigenvalue weighted by Gasteiger charge is -2.00. The van der Waals surface area contributed by atoms with Crippen LogP contribution in [0.25, 0.3) is 17.5 Å². The molecule has 2 aromatic rings. The van der Waals surface area contributed by atoms with Crippen molar-refractivity contribution in [3.05, 3.63) is 35.1 Å².